The van der Waals surface area contributed by atoms with Crippen LogP contribution in [0.5, 0.6) is 0 Å². The van der Waals surface area contributed by atoms with E-state index in [2.05, 4.69) is 15.1 Å². The molecule has 0 saturated carbocycles. The number of hydrogen-bond donors (Lipinski definition) is 0. The van der Waals surface area contributed by atoms with E-state index in [0.717, 1.165) is 6.07 Å². The standard InChI is InChI=1S/C24H15F3N4/c25-24(26,27)18-15-20(19-13-7-8-14-28-19)29-23-21(18)22(16-9-3-1-4-10-16)30-31(23)17-11-5-2-6-12-17/h1-15H. The Labute approximate surface area is 175 Å². The Morgan fingerprint density at radius 3 is 2.06 bits per heavy atom. The van der Waals surface area contributed by atoms with Crippen LogP contribution in [0.3, 0.4) is 0 Å². The third-order valence-corrected chi connectivity index (χ3v) is 4.92. The first-order valence-corrected chi connectivity index (χ1v) is 9.55. The van der Waals surface area contributed by atoms with Gasteiger partial charge in [-0.3, -0.25) is 4.98 Å². The van der Waals surface area contributed by atoms with Gasteiger partial charge in [0.15, 0.2) is 5.65 Å². The summed E-state index contributed by atoms with van der Waals surface area (Å²) in [7, 11) is 0. The van der Waals surface area contributed by atoms with Gasteiger partial charge in [0.05, 0.1) is 28.0 Å². The van der Waals surface area contributed by atoms with Crippen LogP contribution in [0.15, 0.2) is 91.1 Å². The SMILES string of the molecule is FC(F)(F)c1cc(-c2ccccn2)nc2c1c(-c1ccccc1)nn2-c1ccccc1. The van der Waals surface area contributed by atoms with Gasteiger partial charge >= 0.3 is 6.18 Å². The zero-order valence-corrected chi connectivity index (χ0v) is 16.1. The first-order chi connectivity index (χ1) is 15.0. The van der Waals surface area contributed by atoms with Gasteiger partial charge in [-0.1, -0.05) is 54.6 Å². The van der Waals surface area contributed by atoms with E-state index < -0.39 is 11.7 Å². The molecule has 0 radical (unpaired) electrons. The highest BCUT2D eigenvalue weighted by atomic mass is 19.4. The minimum Gasteiger partial charge on any atom is -0.255 e. The Kier molecular flexibility index (Phi) is 4.51. The van der Waals surface area contributed by atoms with Gasteiger partial charge in [-0.05, 0) is 30.3 Å². The van der Waals surface area contributed by atoms with Crippen molar-refractivity contribution in [2.24, 2.45) is 0 Å². The number of fused-ring (bicyclic) bond motifs is 1. The topological polar surface area (TPSA) is 43.6 Å². The second-order valence-corrected chi connectivity index (χ2v) is 6.93. The van der Waals surface area contributed by atoms with E-state index in [1.165, 1.54) is 10.9 Å². The molecule has 5 rings (SSSR count). The fourth-order valence-electron chi connectivity index (χ4n) is 3.53. The quantitative estimate of drug-likeness (QED) is 0.353. The smallest absolute Gasteiger partial charge is 0.255 e. The second kappa shape index (κ2) is 7.36. The van der Waals surface area contributed by atoms with Crippen molar-refractivity contribution in [2.45, 2.75) is 6.18 Å². The number of hydrogen-bond acceptors (Lipinski definition) is 3. The fraction of sp³-hybridized carbons (Fsp3) is 0.0417. The van der Waals surface area contributed by atoms with Crippen LogP contribution in [0, 0.1) is 0 Å². The molecule has 2 aromatic carbocycles. The molecule has 0 unspecified atom stereocenters. The van der Waals surface area contributed by atoms with Gasteiger partial charge in [0.1, 0.15) is 5.69 Å². The van der Waals surface area contributed by atoms with Crippen molar-refractivity contribution in [2.75, 3.05) is 0 Å². The Bertz CT molecular complexity index is 1350. The number of rotatable bonds is 3. The van der Waals surface area contributed by atoms with Crippen molar-refractivity contribution in [3.05, 3.63) is 96.7 Å². The minimum absolute atomic E-state index is 0.0396. The van der Waals surface area contributed by atoms with Crippen molar-refractivity contribution in [1.29, 1.82) is 0 Å². The molecule has 31 heavy (non-hydrogen) atoms. The predicted octanol–water partition coefficient (Wildman–Crippen LogP) is 6.17. The summed E-state index contributed by atoms with van der Waals surface area (Å²) in [6.45, 7) is 0. The predicted molar refractivity (Wildman–Crippen MR) is 113 cm³/mol. The highest BCUT2D eigenvalue weighted by molar-refractivity contribution is 5.96. The van der Waals surface area contributed by atoms with Crippen molar-refractivity contribution in [3.8, 4) is 28.3 Å². The molecule has 0 aliphatic carbocycles. The second-order valence-electron chi connectivity index (χ2n) is 6.93. The van der Waals surface area contributed by atoms with E-state index in [0.29, 0.717) is 16.9 Å². The van der Waals surface area contributed by atoms with Crippen LogP contribution in [0.1, 0.15) is 5.56 Å². The highest BCUT2D eigenvalue weighted by Gasteiger charge is 2.36. The number of pyridine rings is 2. The molecule has 0 saturated heterocycles. The summed E-state index contributed by atoms with van der Waals surface area (Å²) in [5.74, 6) is 0. The number of alkyl halides is 3. The number of halogens is 3. The molecule has 0 spiro atoms. The molecule has 152 valence electrons. The minimum atomic E-state index is -4.60. The van der Waals surface area contributed by atoms with Crippen LogP contribution in [0.4, 0.5) is 13.2 Å². The van der Waals surface area contributed by atoms with Gasteiger partial charge < -0.3 is 0 Å². The Morgan fingerprint density at radius 2 is 1.42 bits per heavy atom. The van der Waals surface area contributed by atoms with Crippen LogP contribution in [0.2, 0.25) is 0 Å². The van der Waals surface area contributed by atoms with Gasteiger partial charge in [-0.2, -0.15) is 18.3 Å². The molecule has 0 atom stereocenters. The van der Waals surface area contributed by atoms with Crippen LogP contribution < -0.4 is 0 Å². The number of para-hydroxylation sites is 1. The maximum atomic E-state index is 14.2. The maximum absolute atomic E-state index is 14.2. The summed E-state index contributed by atoms with van der Waals surface area (Å²) in [6.07, 6.45) is -3.07. The van der Waals surface area contributed by atoms with Gasteiger partial charge in [0.2, 0.25) is 0 Å². The number of benzene rings is 2. The normalized spacial score (nSPS) is 11.7. The van der Waals surface area contributed by atoms with Crippen molar-refractivity contribution in [3.63, 3.8) is 0 Å². The Balaban J connectivity index is 1.91. The third kappa shape index (κ3) is 3.44. The van der Waals surface area contributed by atoms with Crippen molar-refractivity contribution >= 4 is 11.0 Å². The average Bonchev–Trinajstić information content (AvgIpc) is 3.19. The zero-order chi connectivity index (χ0) is 21.4. The van der Waals surface area contributed by atoms with Crippen molar-refractivity contribution in [1.82, 2.24) is 19.7 Å². The first-order valence-electron chi connectivity index (χ1n) is 9.55. The van der Waals surface area contributed by atoms with Gasteiger partial charge in [0.25, 0.3) is 0 Å². The lowest BCUT2D eigenvalue weighted by molar-refractivity contribution is -0.136. The zero-order valence-electron chi connectivity index (χ0n) is 16.1. The molecule has 5 aromatic rings. The van der Waals surface area contributed by atoms with Gasteiger partial charge in [-0.15, -0.1) is 0 Å². The lowest BCUT2D eigenvalue weighted by Gasteiger charge is -2.12. The lowest BCUT2D eigenvalue weighted by atomic mass is 10.0. The largest absolute Gasteiger partial charge is 0.417 e. The van der Waals surface area contributed by atoms with E-state index in [-0.39, 0.29) is 22.4 Å². The van der Waals surface area contributed by atoms with E-state index in [4.69, 9.17) is 0 Å². The molecule has 0 amide bonds. The molecule has 0 fully saturated rings. The summed E-state index contributed by atoms with van der Waals surface area (Å²) >= 11 is 0. The molecule has 0 bridgehead atoms. The average molecular weight is 416 g/mol. The molecule has 0 N–H and O–H groups in total. The van der Waals surface area contributed by atoms with E-state index >= 15 is 0 Å². The molecule has 0 aliphatic heterocycles. The number of nitrogens with zero attached hydrogens (tertiary/aromatic N) is 4. The van der Waals surface area contributed by atoms with E-state index in [1.54, 1.807) is 66.7 Å². The van der Waals surface area contributed by atoms with Crippen LogP contribution >= 0.6 is 0 Å². The summed E-state index contributed by atoms with van der Waals surface area (Å²) in [6, 6.07) is 23.9. The highest BCUT2D eigenvalue weighted by Crippen LogP contribution is 2.41. The third-order valence-electron chi connectivity index (χ3n) is 4.92. The summed E-state index contributed by atoms with van der Waals surface area (Å²) in [5, 5.41) is 4.53. The van der Waals surface area contributed by atoms with Crippen LogP contribution in [0.25, 0.3) is 39.4 Å². The molecule has 3 heterocycles. The van der Waals surface area contributed by atoms with Crippen LogP contribution in [-0.4, -0.2) is 19.7 Å². The van der Waals surface area contributed by atoms with E-state index in [9.17, 15) is 13.2 Å². The fourth-order valence-corrected chi connectivity index (χ4v) is 3.53. The van der Waals surface area contributed by atoms with E-state index in [1.807, 2.05) is 12.1 Å². The first kappa shape index (κ1) is 19.0. The van der Waals surface area contributed by atoms with Gasteiger partial charge in [0, 0.05) is 11.8 Å². The molecular weight excluding hydrogens is 401 g/mol. The Morgan fingerprint density at radius 1 is 0.742 bits per heavy atom. The van der Waals surface area contributed by atoms with Crippen molar-refractivity contribution < 1.29 is 13.2 Å². The maximum Gasteiger partial charge on any atom is 0.417 e. The Hall–Kier alpha value is -4.00. The summed E-state index contributed by atoms with van der Waals surface area (Å²) in [5.41, 5.74) is 1.26. The monoisotopic (exact) mass is 416 g/mol. The molecule has 7 heteroatoms. The number of aromatic nitrogens is 4. The molecule has 3 aromatic heterocycles. The lowest BCUT2D eigenvalue weighted by Crippen LogP contribution is -2.08. The molecular formula is C24H15F3N4. The van der Waals surface area contributed by atoms with Gasteiger partial charge in [-0.25, -0.2) is 9.67 Å². The summed E-state index contributed by atoms with van der Waals surface area (Å²) < 4.78 is 44.2. The van der Waals surface area contributed by atoms with Crippen LogP contribution in [-0.2, 0) is 6.18 Å². The summed E-state index contributed by atoms with van der Waals surface area (Å²) in [4.78, 5) is 8.77. The molecule has 0 aliphatic rings. The molecule has 4 nitrogen and oxygen atoms in total.